The molecule has 0 bridgehead atoms. The standard InChI is InChI=1S/C25H18N2O5S/c1-30-16-12-10-15(11-13-16)23-24(22(29)17-6-2-4-8-19(17)32-23)31-14-21(28)27-25-26-18-7-3-5-9-20(18)33-25/h2-13H,14H2,1H3,(H,26,27,28). The van der Waals surface area contributed by atoms with Gasteiger partial charge in [-0.25, -0.2) is 4.98 Å². The van der Waals surface area contributed by atoms with Crippen LogP contribution in [0.25, 0.3) is 32.5 Å². The Kier molecular flexibility index (Phi) is 5.50. The van der Waals surface area contributed by atoms with E-state index in [1.54, 1.807) is 55.6 Å². The molecule has 2 heterocycles. The van der Waals surface area contributed by atoms with Crippen molar-refractivity contribution in [2.24, 2.45) is 0 Å². The van der Waals surface area contributed by atoms with E-state index in [0.717, 1.165) is 10.2 Å². The van der Waals surface area contributed by atoms with E-state index >= 15 is 0 Å². The van der Waals surface area contributed by atoms with Crippen molar-refractivity contribution in [2.75, 3.05) is 19.0 Å². The summed E-state index contributed by atoms with van der Waals surface area (Å²) in [6.07, 6.45) is 0. The summed E-state index contributed by atoms with van der Waals surface area (Å²) in [5.41, 5.74) is 1.51. The van der Waals surface area contributed by atoms with Gasteiger partial charge in [0, 0.05) is 5.56 Å². The molecule has 0 unspecified atom stereocenters. The zero-order valence-electron chi connectivity index (χ0n) is 17.5. The Balaban J connectivity index is 1.45. The maximum Gasteiger partial charge on any atom is 0.264 e. The van der Waals surface area contributed by atoms with Gasteiger partial charge in [0.05, 0.1) is 22.7 Å². The van der Waals surface area contributed by atoms with E-state index in [4.69, 9.17) is 13.9 Å². The Morgan fingerprint density at radius 2 is 1.79 bits per heavy atom. The lowest BCUT2D eigenvalue weighted by Gasteiger charge is -2.12. The Morgan fingerprint density at radius 3 is 2.58 bits per heavy atom. The monoisotopic (exact) mass is 458 g/mol. The number of anilines is 1. The molecule has 1 N–H and O–H groups in total. The number of nitrogens with one attached hydrogen (secondary N) is 1. The van der Waals surface area contributed by atoms with Gasteiger partial charge in [-0.1, -0.05) is 35.6 Å². The van der Waals surface area contributed by atoms with Gasteiger partial charge in [-0.2, -0.15) is 0 Å². The van der Waals surface area contributed by atoms with E-state index in [1.807, 2.05) is 24.3 Å². The van der Waals surface area contributed by atoms with Crippen LogP contribution in [-0.2, 0) is 4.79 Å². The van der Waals surface area contributed by atoms with Crippen molar-refractivity contribution in [1.82, 2.24) is 4.98 Å². The summed E-state index contributed by atoms with van der Waals surface area (Å²) in [6.45, 7) is -0.373. The summed E-state index contributed by atoms with van der Waals surface area (Å²) in [4.78, 5) is 30.1. The van der Waals surface area contributed by atoms with Crippen molar-refractivity contribution in [3.05, 3.63) is 83.0 Å². The van der Waals surface area contributed by atoms with Crippen LogP contribution in [0.1, 0.15) is 0 Å². The molecule has 7 nitrogen and oxygen atoms in total. The number of amides is 1. The zero-order valence-corrected chi connectivity index (χ0v) is 18.3. The van der Waals surface area contributed by atoms with E-state index in [2.05, 4.69) is 10.3 Å². The number of nitrogens with zero attached hydrogens (tertiary/aromatic N) is 1. The van der Waals surface area contributed by atoms with Crippen molar-refractivity contribution >= 4 is 43.6 Å². The first-order chi connectivity index (χ1) is 16.1. The highest BCUT2D eigenvalue weighted by atomic mass is 32.1. The van der Waals surface area contributed by atoms with Gasteiger partial charge in [0.2, 0.25) is 11.2 Å². The van der Waals surface area contributed by atoms with Gasteiger partial charge in [-0.3, -0.25) is 14.9 Å². The topological polar surface area (TPSA) is 90.7 Å². The van der Waals surface area contributed by atoms with Crippen molar-refractivity contribution < 1.29 is 18.7 Å². The molecule has 0 atom stereocenters. The van der Waals surface area contributed by atoms with Crippen LogP contribution < -0.4 is 20.2 Å². The second kappa shape index (κ2) is 8.76. The summed E-state index contributed by atoms with van der Waals surface area (Å²) in [6, 6.07) is 21.6. The predicted molar refractivity (Wildman–Crippen MR) is 128 cm³/mol. The van der Waals surface area contributed by atoms with Gasteiger partial charge in [0.1, 0.15) is 11.3 Å². The minimum Gasteiger partial charge on any atom is -0.497 e. The molecular weight excluding hydrogens is 440 g/mol. The number of hydrogen-bond acceptors (Lipinski definition) is 7. The fraction of sp³-hybridized carbons (Fsp3) is 0.0800. The lowest BCUT2D eigenvalue weighted by atomic mass is 10.1. The number of rotatable bonds is 6. The first-order valence-electron chi connectivity index (χ1n) is 10.1. The molecule has 8 heteroatoms. The van der Waals surface area contributed by atoms with Crippen molar-refractivity contribution in [1.29, 1.82) is 0 Å². The number of carbonyl (C=O) groups is 1. The molecule has 0 spiro atoms. The van der Waals surface area contributed by atoms with Crippen LogP contribution in [0.3, 0.4) is 0 Å². The Labute approximate surface area is 192 Å². The Hall–Kier alpha value is -4.17. The highest BCUT2D eigenvalue weighted by Crippen LogP contribution is 2.32. The number of aromatic nitrogens is 1. The molecule has 0 aliphatic heterocycles. The third-order valence-corrected chi connectivity index (χ3v) is 5.95. The minimum absolute atomic E-state index is 0.0293. The normalized spacial score (nSPS) is 10.9. The van der Waals surface area contributed by atoms with Crippen LogP contribution in [0.5, 0.6) is 11.5 Å². The van der Waals surface area contributed by atoms with E-state index in [1.165, 1.54) is 11.3 Å². The van der Waals surface area contributed by atoms with Crippen LogP contribution in [0, 0.1) is 0 Å². The molecule has 3 aromatic carbocycles. The van der Waals surface area contributed by atoms with Gasteiger partial charge in [0.25, 0.3) is 5.91 Å². The molecule has 0 aliphatic rings. The highest BCUT2D eigenvalue weighted by molar-refractivity contribution is 7.22. The van der Waals surface area contributed by atoms with Crippen molar-refractivity contribution in [3.63, 3.8) is 0 Å². The SMILES string of the molecule is COc1ccc(-c2oc3ccccc3c(=O)c2OCC(=O)Nc2nc3ccccc3s2)cc1. The largest absolute Gasteiger partial charge is 0.497 e. The Bertz CT molecular complexity index is 1490. The van der Waals surface area contributed by atoms with Crippen LogP contribution in [-0.4, -0.2) is 24.6 Å². The van der Waals surface area contributed by atoms with Gasteiger partial charge in [-0.05, 0) is 48.5 Å². The fourth-order valence-electron chi connectivity index (χ4n) is 3.41. The second-order valence-electron chi connectivity index (χ2n) is 7.14. The lowest BCUT2D eigenvalue weighted by Crippen LogP contribution is -2.22. The van der Waals surface area contributed by atoms with Gasteiger partial charge in [0.15, 0.2) is 17.5 Å². The molecule has 164 valence electrons. The highest BCUT2D eigenvalue weighted by Gasteiger charge is 2.19. The van der Waals surface area contributed by atoms with Crippen LogP contribution in [0.15, 0.2) is 82.0 Å². The van der Waals surface area contributed by atoms with Crippen LogP contribution in [0.2, 0.25) is 0 Å². The molecule has 5 aromatic rings. The summed E-state index contributed by atoms with van der Waals surface area (Å²) in [5.74, 6) is 0.453. The smallest absolute Gasteiger partial charge is 0.264 e. The number of ether oxygens (including phenoxy) is 2. The maximum atomic E-state index is 13.2. The van der Waals surface area contributed by atoms with Crippen LogP contribution in [0.4, 0.5) is 5.13 Å². The molecule has 0 saturated heterocycles. The molecule has 0 aliphatic carbocycles. The van der Waals surface area contributed by atoms with E-state index in [9.17, 15) is 9.59 Å². The zero-order chi connectivity index (χ0) is 22.8. The number of methoxy groups -OCH3 is 1. The van der Waals surface area contributed by atoms with Gasteiger partial charge >= 0.3 is 0 Å². The number of fused-ring (bicyclic) bond motifs is 2. The molecule has 2 aromatic heterocycles. The molecule has 33 heavy (non-hydrogen) atoms. The van der Waals surface area contributed by atoms with Crippen molar-refractivity contribution in [3.8, 4) is 22.8 Å². The summed E-state index contributed by atoms with van der Waals surface area (Å²) >= 11 is 1.37. The predicted octanol–water partition coefficient (Wildman–Crippen LogP) is 5.10. The molecule has 5 rings (SSSR count). The van der Waals surface area contributed by atoms with Crippen LogP contribution >= 0.6 is 11.3 Å². The first kappa shape index (κ1) is 20.7. The summed E-state index contributed by atoms with van der Waals surface area (Å²) in [7, 11) is 1.57. The molecule has 1 amide bonds. The lowest BCUT2D eigenvalue weighted by molar-refractivity contribution is -0.118. The first-order valence-corrected chi connectivity index (χ1v) is 10.9. The quantitative estimate of drug-likeness (QED) is 0.381. The molecule has 0 radical (unpaired) electrons. The van der Waals surface area contributed by atoms with E-state index in [-0.39, 0.29) is 23.5 Å². The average Bonchev–Trinajstić information content (AvgIpc) is 3.25. The molecular formula is C25H18N2O5S. The summed E-state index contributed by atoms with van der Waals surface area (Å²) < 4.78 is 17.9. The summed E-state index contributed by atoms with van der Waals surface area (Å²) in [5, 5.41) is 3.56. The maximum absolute atomic E-state index is 13.2. The Morgan fingerprint density at radius 1 is 1.03 bits per heavy atom. The minimum atomic E-state index is -0.428. The second-order valence-corrected chi connectivity index (χ2v) is 8.17. The van der Waals surface area contributed by atoms with Gasteiger partial charge in [-0.15, -0.1) is 0 Å². The number of benzene rings is 3. The number of carbonyl (C=O) groups excluding carboxylic acids is 1. The number of para-hydroxylation sites is 2. The van der Waals surface area contributed by atoms with Crippen molar-refractivity contribution in [2.45, 2.75) is 0 Å². The third kappa shape index (κ3) is 4.16. The molecule has 0 saturated carbocycles. The third-order valence-electron chi connectivity index (χ3n) is 5.00. The van der Waals surface area contributed by atoms with Gasteiger partial charge < -0.3 is 13.9 Å². The molecule has 0 fully saturated rings. The fourth-order valence-corrected chi connectivity index (χ4v) is 4.29. The number of hydrogen-bond donors (Lipinski definition) is 1. The number of thiazole rings is 1. The average molecular weight is 458 g/mol. The van der Waals surface area contributed by atoms with E-state index in [0.29, 0.717) is 27.4 Å². The van der Waals surface area contributed by atoms with E-state index < -0.39 is 5.91 Å².